The van der Waals surface area contributed by atoms with Gasteiger partial charge in [0.05, 0.1) is 7.11 Å². The Labute approximate surface area is 96.3 Å². The Morgan fingerprint density at radius 1 is 1.38 bits per heavy atom. The molecule has 0 aliphatic heterocycles. The zero-order valence-corrected chi connectivity index (χ0v) is 10.2. The van der Waals surface area contributed by atoms with E-state index < -0.39 is 0 Å². The van der Waals surface area contributed by atoms with Crippen molar-refractivity contribution in [2.45, 2.75) is 13.8 Å². The molecule has 0 radical (unpaired) electrons. The number of hydrogen-bond donors (Lipinski definition) is 0. The molecule has 1 aromatic rings. The van der Waals surface area contributed by atoms with Crippen LogP contribution in [0.4, 0.5) is 0 Å². The third-order valence-electron chi connectivity index (χ3n) is 2.41. The number of benzene rings is 1. The lowest BCUT2D eigenvalue weighted by molar-refractivity contribution is -0.162. The maximum absolute atomic E-state index is 11.4. The van der Waals surface area contributed by atoms with Crippen LogP contribution >= 0.6 is 0 Å². The topological polar surface area (TPSA) is 29.5 Å². The van der Waals surface area contributed by atoms with Crippen molar-refractivity contribution in [2.75, 3.05) is 14.2 Å². The van der Waals surface area contributed by atoms with Gasteiger partial charge in [-0.3, -0.25) is 9.63 Å². The summed E-state index contributed by atoms with van der Waals surface area (Å²) in [6.45, 7) is 4.07. The van der Waals surface area contributed by atoms with E-state index in [2.05, 4.69) is 6.07 Å². The molecule has 0 atom stereocenters. The Hall–Kier alpha value is -1.61. The number of hydroxylamine groups is 2. The molecule has 0 fully saturated rings. The highest BCUT2D eigenvalue weighted by molar-refractivity contribution is 5.91. The minimum Gasteiger partial charge on any atom is -0.274 e. The lowest BCUT2D eigenvalue weighted by atomic mass is 10.1. The van der Waals surface area contributed by atoms with Crippen LogP contribution < -0.4 is 0 Å². The molecule has 0 heterocycles. The van der Waals surface area contributed by atoms with Crippen molar-refractivity contribution in [1.29, 1.82) is 0 Å². The second-order valence-corrected chi connectivity index (χ2v) is 3.71. The van der Waals surface area contributed by atoms with Crippen LogP contribution in [0.2, 0.25) is 0 Å². The number of carbonyl (C=O) groups excluding carboxylic acids is 1. The summed E-state index contributed by atoms with van der Waals surface area (Å²) in [6, 6.07) is 6.11. The number of hydrogen-bond acceptors (Lipinski definition) is 2. The molecule has 0 bridgehead atoms. The lowest BCUT2D eigenvalue weighted by Crippen LogP contribution is -2.22. The molecule has 1 rings (SSSR count). The molecular weight excluding hydrogens is 202 g/mol. The van der Waals surface area contributed by atoms with E-state index in [0.717, 1.165) is 11.1 Å². The van der Waals surface area contributed by atoms with Crippen molar-refractivity contribution in [3.05, 3.63) is 41.0 Å². The summed E-state index contributed by atoms with van der Waals surface area (Å²) in [6.07, 6.45) is 3.30. The quantitative estimate of drug-likeness (QED) is 0.577. The molecule has 0 N–H and O–H groups in total. The minimum absolute atomic E-state index is 0.178. The van der Waals surface area contributed by atoms with Crippen molar-refractivity contribution < 1.29 is 9.63 Å². The Bertz CT molecular complexity index is 410. The van der Waals surface area contributed by atoms with Crippen molar-refractivity contribution in [1.82, 2.24) is 5.06 Å². The van der Waals surface area contributed by atoms with Gasteiger partial charge in [-0.25, -0.2) is 5.06 Å². The van der Waals surface area contributed by atoms with Crippen LogP contribution in [0.3, 0.4) is 0 Å². The maximum Gasteiger partial charge on any atom is 0.269 e. The van der Waals surface area contributed by atoms with Crippen molar-refractivity contribution in [2.24, 2.45) is 0 Å². The first-order chi connectivity index (χ1) is 7.54. The highest BCUT2D eigenvalue weighted by Crippen LogP contribution is 2.12. The number of rotatable bonds is 3. The number of likely N-dealkylation sites (N-methyl/N-ethyl adjacent to an activating group) is 1. The standard InChI is InChI=1S/C13H17NO2/c1-10-5-6-12(11(2)9-10)7-8-13(15)14(3)16-4/h5-9H,1-4H3/b8-7+. The molecule has 0 aromatic heterocycles. The van der Waals surface area contributed by atoms with Gasteiger partial charge in [0, 0.05) is 13.1 Å². The van der Waals surface area contributed by atoms with Crippen LogP contribution in [0.1, 0.15) is 16.7 Å². The van der Waals surface area contributed by atoms with E-state index in [0.29, 0.717) is 0 Å². The molecule has 0 spiro atoms. The summed E-state index contributed by atoms with van der Waals surface area (Å²) in [5.41, 5.74) is 3.42. The Morgan fingerprint density at radius 3 is 2.62 bits per heavy atom. The van der Waals surface area contributed by atoms with E-state index >= 15 is 0 Å². The van der Waals surface area contributed by atoms with Crippen LogP contribution in [-0.4, -0.2) is 25.1 Å². The van der Waals surface area contributed by atoms with Crippen LogP contribution in [-0.2, 0) is 9.63 Å². The summed E-state index contributed by atoms with van der Waals surface area (Å²) in [4.78, 5) is 16.2. The van der Waals surface area contributed by atoms with E-state index in [1.165, 1.54) is 23.8 Å². The summed E-state index contributed by atoms with van der Waals surface area (Å²) in [7, 11) is 3.04. The SMILES string of the molecule is CON(C)C(=O)/C=C/c1ccc(C)cc1C. The molecule has 1 aromatic carbocycles. The summed E-state index contributed by atoms with van der Waals surface area (Å²) < 4.78 is 0. The van der Waals surface area contributed by atoms with Gasteiger partial charge >= 0.3 is 0 Å². The second-order valence-electron chi connectivity index (χ2n) is 3.71. The number of amides is 1. The monoisotopic (exact) mass is 219 g/mol. The first kappa shape index (κ1) is 12.5. The molecular formula is C13H17NO2. The van der Waals surface area contributed by atoms with E-state index in [1.807, 2.05) is 26.0 Å². The molecule has 86 valence electrons. The van der Waals surface area contributed by atoms with Gasteiger partial charge < -0.3 is 0 Å². The summed E-state index contributed by atoms with van der Waals surface area (Å²) in [5.74, 6) is -0.178. The second kappa shape index (κ2) is 5.47. The number of nitrogens with zero attached hydrogens (tertiary/aromatic N) is 1. The molecule has 0 unspecified atom stereocenters. The predicted octanol–water partition coefficient (Wildman–Crippen LogP) is 2.34. The third-order valence-corrected chi connectivity index (χ3v) is 2.41. The fourth-order valence-electron chi connectivity index (χ4n) is 1.37. The molecule has 0 saturated heterocycles. The minimum atomic E-state index is -0.178. The smallest absolute Gasteiger partial charge is 0.269 e. The Morgan fingerprint density at radius 2 is 2.06 bits per heavy atom. The number of carbonyl (C=O) groups is 1. The van der Waals surface area contributed by atoms with Crippen LogP contribution in [0, 0.1) is 13.8 Å². The van der Waals surface area contributed by atoms with Gasteiger partial charge in [0.15, 0.2) is 0 Å². The van der Waals surface area contributed by atoms with Crippen molar-refractivity contribution >= 4 is 12.0 Å². The molecule has 3 heteroatoms. The predicted molar refractivity (Wildman–Crippen MR) is 64.7 cm³/mol. The summed E-state index contributed by atoms with van der Waals surface area (Å²) >= 11 is 0. The maximum atomic E-state index is 11.4. The molecule has 0 aliphatic rings. The van der Waals surface area contributed by atoms with E-state index in [1.54, 1.807) is 13.1 Å². The molecule has 0 aliphatic carbocycles. The van der Waals surface area contributed by atoms with E-state index in [4.69, 9.17) is 4.84 Å². The lowest BCUT2D eigenvalue weighted by Gasteiger charge is -2.10. The van der Waals surface area contributed by atoms with Gasteiger partial charge in [0.1, 0.15) is 0 Å². The normalized spacial score (nSPS) is 10.8. The molecule has 0 saturated carbocycles. The largest absolute Gasteiger partial charge is 0.274 e. The van der Waals surface area contributed by atoms with Crippen LogP contribution in [0.5, 0.6) is 0 Å². The van der Waals surface area contributed by atoms with E-state index in [-0.39, 0.29) is 5.91 Å². The first-order valence-electron chi connectivity index (χ1n) is 5.11. The Kier molecular flexibility index (Phi) is 4.26. The molecule has 16 heavy (non-hydrogen) atoms. The van der Waals surface area contributed by atoms with Gasteiger partial charge in [-0.15, -0.1) is 0 Å². The first-order valence-corrected chi connectivity index (χ1v) is 5.11. The van der Waals surface area contributed by atoms with Gasteiger partial charge in [-0.2, -0.15) is 0 Å². The van der Waals surface area contributed by atoms with Gasteiger partial charge in [-0.1, -0.05) is 23.8 Å². The highest BCUT2D eigenvalue weighted by Gasteiger charge is 2.02. The number of aryl methyl sites for hydroxylation is 2. The van der Waals surface area contributed by atoms with Gasteiger partial charge in [-0.05, 0) is 31.1 Å². The third kappa shape index (κ3) is 3.21. The van der Waals surface area contributed by atoms with Gasteiger partial charge in [0.2, 0.25) is 0 Å². The van der Waals surface area contributed by atoms with Crippen LogP contribution in [0.25, 0.3) is 6.08 Å². The van der Waals surface area contributed by atoms with Crippen molar-refractivity contribution in [3.8, 4) is 0 Å². The van der Waals surface area contributed by atoms with Crippen molar-refractivity contribution in [3.63, 3.8) is 0 Å². The van der Waals surface area contributed by atoms with E-state index in [9.17, 15) is 4.79 Å². The zero-order valence-electron chi connectivity index (χ0n) is 10.2. The Balaban J connectivity index is 2.80. The highest BCUT2D eigenvalue weighted by atomic mass is 16.7. The van der Waals surface area contributed by atoms with Gasteiger partial charge in [0.25, 0.3) is 5.91 Å². The fourth-order valence-corrected chi connectivity index (χ4v) is 1.37. The average Bonchev–Trinajstić information content (AvgIpc) is 2.26. The summed E-state index contributed by atoms with van der Waals surface area (Å²) in [5, 5.41) is 1.18. The average molecular weight is 219 g/mol. The fraction of sp³-hybridized carbons (Fsp3) is 0.308. The zero-order chi connectivity index (χ0) is 12.1. The molecule has 3 nitrogen and oxygen atoms in total. The molecule has 1 amide bonds. The van der Waals surface area contributed by atoms with Crippen LogP contribution in [0.15, 0.2) is 24.3 Å².